The van der Waals surface area contributed by atoms with Crippen molar-refractivity contribution < 1.29 is 0 Å². The van der Waals surface area contributed by atoms with Gasteiger partial charge in [-0.15, -0.1) is 5.54 Å². The fourth-order valence-electron chi connectivity index (χ4n) is 3.66. The maximum Gasteiger partial charge on any atom is 0.148 e. The largest absolute Gasteiger partial charge is 0.258 e. The molecule has 0 aliphatic rings. The van der Waals surface area contributed by atoms with E-state index in [1.807, 2.05) is 22.8 Å². The highest BCUT2D eigenvalue weighted by Gasteiger charge is 2.41. The molecule has 0 unspecified atom stereocenters. The smallest absolute Gasteiger partial charge is 0.148 e. The summed E-state index contributed by atoms with van der Waals surface area (Å²) in [5.41, 5.74) is 7.53. The summed E-state index contributed by atoms with van der Waals surface area (Å²) in [6.45, 7) is 14.0. The molecular formula is C18H25ClN2Si. The number of hydrogen-bond acceptors (Lipinski definition) is 1. The Labute approximate surface area is 139 Å². The van der Waals surface area contributed by atoms with E-state index in [9.17, 15) is 0 Å². The molecule has 0 bridgehead atoms. The fraction of sp³-hybridized carbons (Fsp3) is 0.500. The lowest BCUT2D eigenvalue weighted by atomic mass is 10.3. The van der Waals surface area contributed by atoms with Crippen LogP contribution in [0.2, 0.25) is 21.6 Å². The van der Waals surface area contributed by atoms with Crippen molar-refractivity contribution in [2.24, 2.45) is 0 Å². The van der Waals surface area contributed by atoms with Gasteiger partial charge in [0.05, 0.1) is 11.0 Å². The molecule has 118 valence electrons. The van der Waals surface area contributed by atoms with Gasteiger partial charge in [-0.1, -0.05) is 53.1 Å². The zero-order valence-corrected chi connectivity index (χ0v) is 16.1. The summed E-state index contributed by atoms with van der Waals surface area (Å²) >= 11 is 6.02. The molecule has 0 amide bonds. The highest BCUT2D eigenvalue weighted by Crippen LogP contribution is 2.40. The van der Waals surface area contributed by atoms with E-state index in [1.165, 1.54) is 0 Å². The molecular weight excluding hydrogens is 308 g/mol. The molecule has 4 heteroatoms. The molecule has 0 atom stereocenters. The molecule has 0 saturated heterocycles. The van der Waals surface area contributed by atoms with E-state index in [2.05, 4.69) is 58.1 Å². The van der Waals surface area contributed by atoms with Crippen LogP contribution in [0.5, 0.6) is 0 Å². The van der Waals surface area contributed by atoms with Crippen molar-refractivity contribution in [3.63, 3.8) is 0 Å². The highest BCUT2D eigenvalue weighted by atomic mass is 35.5. The lowest BCUT2D eigenvalue weighted by molar-refractivity contribution is 0.838. The first-order chi connectivity index (χ1) is 10.3. The van der Waals surface area contributed by atoms with Crippen LogP contribution in [0.25, 0.3) is 11.0 Å². The van der Waals surface area contributed by atoms with Crippen LogP contribution in [-0.4, -0.2) is 17.6 Å². The average Bonchev–Trinajstić information content (AvgIpc) is 2.80. The van der Waals surface area contributed by atoms with Gasteiger partial charge in [0.2, 0.25) is 0 Å². The average molecular weight is 333 g/mol. The summed E-state index contributed by atoms with van der Waals surface area (Å²) in [5.74, 6) is 0. The molecule has 0 saturated carbocycles. The van der Waals surface area contributed by atoms with Crippen LogP contribution in [0, 0.1) is 11.6 Å². The number of fused-ring (bicyclic) bond motifs is 1. The summed E-state index contributed by atoms with van der Waals surface area (Å²) in [5, 5.41) is 0.709. The predicted molar refractivity (Wildman–Crippen MR) is 99.0 cm³/mol. The minimum Gasteiger partial charge on any atom is -0.258 e. The Morgan fingerprint density at radius 1 is 1.05 bits per heavy atom. The number of imidazole rings is 1. The van der Waals surface area contributed by atoms with Gasteiger partial charge < -0.3 is 0 Å². The third-order valence-electron chi connectivity index (χ3n) is 4.77. The summed E-state index contributed by atoms with van der Waals surface area (Å²) < 4.78 is 1.94. The number of aromatic nitrogens is 2. The summed E-state index contributed by atoms with van der Waals surface area (Å²) in [7, 11) is -1.72. The SMILES string of the molecule is CC(C)[Si](C#Cn1cnc2cc(Cl)ccc21)(C(C)C)C(C)C. The van der Waals surface area contributed by atoms with Crippen LogP contribution in [0.3, 0.4) is 0 Å². The Hall–Kier alpha value is -1.24. The van der Waals surface area contributed by atoms with Gasteiger partial charge in [0.25, 0.3) is 0 Å². The Kier molecular flexibility index (Phi) is 5.04. The second kappa shape index (κ2) is 6.48. The first-order valence-corrected chi connectivity index (χ1v) is 10.6. The Morgan fingerprint density at radius 3 is 2.18 bits per heavy atom. The van der Waals surface area contributed by atoms with Crippen LogP contribution in [0.4, 0.5) is 0 Å². The number of halogens is 1. The maximum absolute atomic E-state index is 6.02. The van der Waals surface area contributed by atoms with Gasteiger partial charge in [0, 0.05) is 11.1 Å². The molecule has 0 N–H and O–H groups in total. The first-order valence-electron chi connectivity index (χ1n) is 7.94. The molecule has 1 aromatic heterocycles. The van der Waals surface area contributed by atoms with E-state index >= 15 is 0 Å². The van der Waals surface area contributed by atoms with E-state index in [4.69, 9.17) is 11.6 Å². The fourth-order valence-corrected chi connectivity index (χ4v) is 9.01. The molecule has 0 aliphatic carbocycles. The molecule has 0 spiro atoms. The van der Waals surface area contributed by atoms with Crippen molar-refractivity contribution in [3.8, 4) is 11.6 Å². The van der Waals surface area contributed by atoms with Gasteiger partial charge in [-0.2, -0.15) is 0 Å². The van der Waals surface area contributed by atoms with Gasteiger partial charge in [0.1, 0.15) is 14.4 Å². The Bertz CT molecular complexity index is 698. The summed E-state index contributed by atoms with van der Waals surface area (Å²) in [6, 6.07) is 9.16. The lowest BCUT2D eigenvalue weighted by Crippen LogP contribution is -2.43. The van der Waals surface area contributed by atoms with Crippen molar-refractivity contribution in [2.45, 2.75) is 58.2 Å². The molecule has 1 aromatic carbocycles. The van der Waals surface area contributed by atoms with Crippen LogP contribution >= 0.6 is 11.6 Å². The van der Waals surface area contributed by atoms with Gasteiger partial charge in [-0.05, 0) is 34.8 Å². The zero-order valence-electron chi connectivity index (χ0n) is 14.3. The third-order valence-corrected chi connectivity index (χ3v) is 11.3. The van der Waals surface area contributed by atoms with Crippen molar-refractivity contribution >= 4 is 30.7 Å². The summed E-state index contributed by atoms with van der Waals surface area (Å²) in [6.07, 6.45) is 1.80. The van der Waals surface area contributed by atoms with Crippen molar-refractivity contribution in [1.29, 1.82) is 0 Å². The lowest BCUT2D eigenvalue weighted by Gasteiger charge is -2.37. The molecule has 0 aliphatic heterocycles. The van der Waals surface area contributed by atoms with E-state index in [-0.39, 0.29) is 0 Å². The van der Waals surface area contributed by atoms with Crippen LogP contribution < -0.4 is 0 Å². The van der Waals surface area contributed by atoms with Crippen molar-refractivity contribution in [2.75, 3.05) is 0 Å². The molecule has 1 heterocycles. The van der Waals surface area contributed by atoms with E-state index in [0.717, 1.165) is 11.0 Å². The highest BCUT2D eigenvalue weighted by molar-refractivity contribution is 6.90. The quantitative estimate of drug-likeness (QED) is 0.519. The summed E-state index contributed by atoms with van der Waals surface area (Å²) in [4.78, 5) is 4.41. The van der Waals surface area contributed by atoms with E-state index in [1.54, 1.807) is 6.33 Å². The molecule has 2 nitrogen and oxygen atoms in total. The molecule has 0 fully saturated rings. The number of rotatable bonds is 3. The normalized spacial score (nSPS) is 12.3. The maximum atomic E-state index is 6.02. The molecule has 22 heavy (non-hydrogen) atoms. The standard InChI is InChI=1S/C18H25ClN2Si/c1-13(2)22(14(3)4,15(5)6)10-9-21-12-20-17-11-16(19)7-8-18(17)21/h7-8,11-15H,1-6H3. The Balaban J connectivity index is 2.53. The van der Waals surface area contributed by atoms with Gasteiger partial charge in [0.15, 0.2) is 0 Å². The van der Waals surface area contributed by atoms with Gasteiger partial charge >= 0.3 is 0 Å². The second-order valence-corrected chi connectivity index (χ2v) is 12.9. The molecule has 2 aromatic rings. The monoisotopic (exact) mass is 332 g/mol. The number of benzene rings is 1. The minimum absolute atomic E-state index is 0.629. The minimum atomic E-state index is -1.72. The molecule has 2 rings (SSSR count). The van der Waals surface area contributed by atoms with E-state index < -0.39 is 8.07 Å². The van der Waals surface area contributed by atoms with Gasteiger partial charge in [-0.3, -0.25) is 4.57 Å². The van der Waals surface area contributed by atoms with E-state index in [0.29, 0.717) is 21.6 Å². The topological polar surface area (TPSA) is 17.8 Å². The first kappa shape index (κ1) is 17.1. The zero-order chi connectivity index (χ0) is 16.5. The predicted octanol–water partition coefficient (Wildman–Crippen LogP) is 5.72. The number of hydrogen-bond donors (Lipinski definition) is 0. The number of nitrogens with zero attached hydrogens (tertiary/aromatic N) is 2. The van der Waals surface area contributed by atoms with Gasteiger partial charge in [-0.25, -0.2) is 4.98 Å². The second-order valence-electron chi connectivity index (χ2n) is 6.88. The van der Waals surface area contributed by atoms with Crippen LogP contribution in [-0.2, 0) is 0 Å². The van der Waals surface area contributed by atoms with Crippen molar-refractivity contribution in [3.05, 3.63) is 29.5 Å². The van der Waals surface area contributed by atoms with Crippen LogP contribution in [0.1, 0.15) is 41.5 Å². The van der Waals surface area contributed by atoms with Crippen LogP contribution in [0.15, 0.2) is 24.5 Å². The third kappa shape index (κ3) is 2.95. The van der Waals surface area contributed by atoms with Crippen molar-refractivity contribution in [1.82, 2.24) is 9.55 Å². The molecule has 0 radical (unpaired) electrons. The Morgan fingerprint density at radius 2 is 1.64 bits per heavy atom.